The molecular weight excluding hydrogens is 617 g/mol. The van der Waals surface area contributed by atoms with E-state index in [1.54, 1.807) is 37.3 Å². The number of carbonyl (C=O) groups excluding carboxylic acids is 2. The fourth-order valence-electron chi connectivity index (χ4n) is 5.11. The van der Waals surface area contributed by atoms with Crippen LogP contribution in [0.15, 0.2) is 66.7 Å². The molecule has 0 radical (unpaired) electrons. The average Bonchev–Trinajstić information content (AvgIpc) is 3.45. The van der Waals surface area contributed by atoms with Crippen LogP contribution in [0.25, 0.3) is 0 Å². The Hall–Kier alpha value is -2.78. The summed E-state index contributed by atoms with van der Waals surface area (Å²) in [6, 6.07) is 18.2. The van der Waals surface area contributed by atoms with E-state index in [2.05, 4.69) is 5.32 Å². The van der Waals surface area contributed by atoms with Crippen LogP contribution in [0.2, 0.25) is 15.1 Å². The first-order chi connectivity index (χ1) is 19.9. The molecule has 1 fully saturated rings. The maximum Gasteiger partial charge on any atom is 0.244 e. The monoisotopic (exact) mass is 649 g/mol. The van der Waals surface area contributed by atoms with Gasteiger partial charge in [-0.15, -0.1) is 0 Å². The van der Waals surface area contributed by atoms with E-state index in [4.69, 9.17) is 34.8 Å². The molecule has 0 saturated heterocycles. The maximum atomic E-state index is 14.2. The summed E-state index contributed by atoms with van der Waals surface area (Å²) in [7, 11) is -3.90. The molecule has 0 aromatic heterocycles. The number of hydrogen-bond donors (Lipinski definition) is 1. The molecule has 2 amide bonds. The van der Waals surface area contributed by atoms with Crippen molar-refractivity contribution in [1.82, 2.24) is 10.2 Å². The van der Waals surface area contributed by atoms with E-state index in [-0.39, 0.29) is 30.6 Å². The summed E-state index contributed by atoms with van der Waals surface area (Å²) in [5.74, 6) is -0.862. The number of amides is 2. The lowest BCUT2D eigenvalue weighted by atomic mass is 10.0. The Morgan fingerprint density at radius 2 is 1.64 bits per heavy atom. The first-order valence-corrected chi connectivity index (χ1v) is 16.7. The molecule has 1 aliphatic carbocycles. The highest BCUT2D eigenvalue weighted by molar-refractivity contribution is 7.92. The number of halogens is 3. The summed E-state index contributed by atoms with van der Waals surface area (Å²) in [4.78, 5) is 29.5. The lowest BCUT2D eigenvalue weighted by molar-refractivity contribution is -0.140. The molecular formula is C31H34Cl3N3O4S. The smallest absolute Gasteiger partial charge is 0.244 e. The van der Waals surface area contributed by atoms with Crippen LogP contribution in [-0.4, -0.2) is 50.0 Å². The summed E-state index contributed by atoms with van der Waals surface area (Å²) >= 11 is 19.0. The zero-order chi connectivity index (χ0) is 30.4. The Morgan fingerprint density at radius 3 is 2.26 bits per heavy atom. The molecule has 224 valence electrons. The molecule has 42 heavy (non-hydrogen) atoms. The molecule has 0 heterocycles. The number of rotatable bonds is 11. The summed E-state index contributed by atoms with van der Waals surface area (Å²) in [5.41, 5.74) is 2.45. The van der Waals surface area contributed by atoms with E-state index in [1.165, 1.54) is 11.0 Å². The number of anilines is 1. The van der Waals surface area contributed by atoms with Gasteiger partial charge < -0.3 is 10.2 Å². The molecule has 3 aromatic carbocycles. The van der Waals surface area contributed by atoms with Gasteiger partial charge in [0.15, 0.2) is 0 Å². The Morgan fingerprint density at radius 1 is 0.952 bits per heavy atom. The van der Waals surface area contributed by atoms with Crippen LogP contribution in [0.1, 0.15) is 42.4 Å². The van der Waals surface area contributed by atoms with E-state index in [0.717, 1.165) is 47.4 Å². The highest BCUT2D eigenvalue weighted by Crippen LogP contribution is 2.28. The molecule has 1 atom stereocenters. The second-order valence-corrected chi connectivity index (χ2v) is 13.8. The Kier molecular flexibility index (Phi) is 10.8. The highest BCUT2D eigenvalue weighted by Gasteiger charge is 2.34. The predicted octanol–water partition coefficient (Wildman–Crippen LogP) is 6.42. The number of sulfonamides is 1. The van der Waals surface area contributed by atoms with Crippen molar-refractivity contribution in [1.29, 1.82) is 0 Å². The summed E-state index contributed by atoms with van der Waals surface area (Å²) < 4.78 is 26.9. The molecule has 0 bridgehead atoms. The van der Waals surface area contributed by atoms with Gasteiger partial charge in [-0.25, -0.2) is 8.42 Å². The van der Waals surface area contributed by atoms with Crippen molar-refractivity contribution in [2.75, 3.05) is 17.1 Å². The van der Waals surface area contributed by atoms with Crippen molar-refractivity contribution in [2.24, 2.45) is 0 Å². The van der Waals surface area contributed by atoms with Crippen molar-refractivity contribution >= 4 is 62.3 Å². The lowest BCUT2D eigenvalue weighted by Gasteiger charge is -2.34. The quantitative estimate of drug-likeness (QED) is 0.260. The first-order valence-electron chi connectivity index (χ1n) is 13.7. The third-order valence-electron chi connectivity index (χ3n) is 7.45. The zero-order valence-corrected chi connectivity index (χ0v) is 26.6. The van der Waals surface area contributed by atoms with Gasteiger partial charge in [0.2, 0.25) is 21.8 Å². The average molecular weight is 651 g/mol. The first kappa shape index (κ1) is 32.1. The number of nitrogens with one attached hydrogen (secondary N) is 1. The van der Waals surface area contributed by atoms with Crippen LogP contribution in [0.5, 0.6) is 0 Å². The van der Waals surface area contributed by atoms with Gasteiger partial charge in [-0.1, -0.05) is 90.1 Å². The number of carbonyl (C=O) groups is 2. The third-order valence-corrected chi connectivity index (χ3v) is 9.59. The Balaban J connectivity index is 1.75. The van der Waals surface area contributed by atoms with Crippen molar-refractivity contribution in [3.05, 3.63) is 98.5 Å². The molecule has 0 unspecified atom stereocenters. The van der Waals surface area contributed by atoms with Crippen LogP contribution in [0.4, 0.5) is 5.69 Å². The number of hydrogen-bond acceptors (Lipinski definition) is 4. The van der Waals surface area contributed by atoms with E-state index in [0.29, 0.717) is 20.6 Å². The molecule has 11 heteroatoms. The van der Waals surface area contributed by atoms with Gasteiger partial charge >= 0.3 is 0 Å². The summed E-state index contributed by atoms with van der Waals surface area (Å²) in [6.45, 7) is 1.24. The van der Waals surface area contributed by atoms with Gasteiger partial charge in [0.1, 0.15) is 12.6 Å². The van der Waals surface area contributed by atoms with Gasteiger partial charge in [0.25, 0.3) is 0 Å². The molecule has 7 nitrogen and oxygen atoms in total. The van der Waals surface area contributed by atoms with E-state index >= 15 is 0 Å². The lowest BCUT2D eigenvalue weighted by Crippen LogP contribution is -2.54. The van der Waals surface area contributed by atoms with Crippen LogP contribution in [0, 0.1) is 6.92 Å². The van der Waals surface area contributed by atoms with Crippen LogP contribution in [0.3, 0.4) is 0 Å². The number of benzene rings is 3. The molecule has 1 saturated carbocycles. The molecule has 1 N–H and O–H groups in total. The topological polar surface area (TPSA) is 86.8 Å². The van der Waals surface area contributed by atoms with Crippen molar-refractivity contribution in [2.45, 2.75) is 57.7 Å². The van der Waals surface area contributed by atoms with E-state index in [1.807, 2.05) is 30.3 Å². The summed E-state index contributed by atoms with van der Waals surface area (Å²) in [6.07, 6.45) is 5.06. The molecule has 1 aliphatic rings. The fraction of sp³-hybridized carbons (Fsp3) is 0.355. The summed E-state index contributed by atoms with van der Waals surface area (Å²) in [5, 5.41) is 4.27. The molecule has 0 aliphatic heterocycles. The Labute approximate surface area is 262 Å². The van der Waals surface area contributed by atoms with Crippen molar-refractivity contribution < 1.29 is 18.0 Å². The SMILES string of the molecule is Cc1ccc(N(CC(=O)N(Cc2ccc(Cl)cc2Cl)[C@H](Cc2ccccc2)C(=O)NC2CCCC2)S(C)(=O)=O)cc1Cl. The number of aryl methyl sites for hydroxylation is 1. The van der Waals surface area contributed by atoms with Crippen molar-refractivity contribution in [3.8, 4) is 0 Å². The Bertz CT molecular complexity index is 1530. The second-order valence-electron chi connectivity index (χ2n) is 10.7. The minimum absolute atomic E-state index is 0.0223. The predicted molar refractivity (Wildman–Crippen MR) is 170 cm³/mol. The van der Waals surface area contributed by atoms with Gasteiger partial charge in [-0.05, 0) is 60.7 Å². The fourth-order valence-corrected chi connectivity index (χ4v) is 6.59. The normalized spacial score (nSPS) is 14.4. The van der Waals surface area contributed by atoms with Gasteiger partial charge in [-0.2, -0.15) is 0 Å². The molecule has 3 aromatic rings. The minimum Gasteiger partial charge on any atom is -0.352 e. The van der Waals surface area contributed by atoms with Crippen LogP contribution < -0.4 is 9.62 Å². The van der Waals surface area contributed by atoms with Gasteiger partial charge in [-0.3, -0.25) is 13.9 Å². The van der Waals surface area contributed by atoms with E-state index in [9.17, 15) is 18.0 Å². The highest BCUT2D eigenvalue weighted by atomic mass is 35.5. The van der Waals surface area contributed by atoms with Crippen LogP contribution >= 0.6 is 34.8 Å². The van der Waals surface area contributed by atoms with Gasteiger partial charge in [0, 0.05) is 34.1 Å². The standard InChI is InChI=1S/C31H34Cl3N3O4S/c1-21-12-15-26(18-27(21)33)37(42(2,40)41)20-30(38)36(19-23-13-14-24(32)17-28(23)34)29(16-22-8-4-3-5-9-22)31(39)35-25-10-6-7-11-25/h3-5,8-9,12-15,17-18,25,29H,6-7,10-11,16,19-20H2,1-2H3,(H,35,39)/t29-/m1/s1. The third kappa shape index (κ3) is 8.40. The van der Waals surface area contributed by atoms with E-state index < -0.39 is 28.5 Å². The second kappa shape index (κ2) is 14.1. The largest absolute Gasteiger partial charge is 0.352 e. The number of nitrogens with zero attached hydrogens (tertiary/aromatic N) is 2. The van der Waals surface area contributed by atoms with Crippen LogP contribution in [-0.2, 0) is 32.6 Å². The maximum absolute atomic E-state index is 14.2. The zero-order valence-electron chi connectivity index (χ0n) is 23.5. The molecule has 4 rings (SSSR count). The van der Waals surface area contributed by atoms with Crippen molar-refractivity contribution in [3.63, 3.8) is 0 Å². The molecule has 0 spiro atoms. The minimum atomic E-state index is -3.90. The van der Waals surface area contributed by atoms with Gasteiger partial charge in [0.05, 0.1) is 11.9 Å².